The van der Waals surface area contributed by atoms with Crippen LogP contribution < -0.4 is 5.76 Å². The van der Waals surface area contributed by atoms with Gasteiger partial charge in [-0.2, -0.15) is 4.98 Å². The third-order valence-corrected chi connectivity index (χ3v) is 5.82. The molecule has 2 aromatic carbocycles. The largest absolute Gasteiger partial charge is 0.420 e. The van der Waals surface area contributed by atoms with E-state index in [0.29, 0.717) is 55.5 Å². The van der Waals surface area contributed by atoms with Gasteiger partial charge in [0.05, 0.1) is 24.6 Å². The smallest absolute Gasteiger partial charge is 0.408 e. The molecule has 9 heteroatoms. The van der Waals surface area contributed by atoms with Gasteiger partial charge in [-0.1, -0.05) is 47.6 Å². The maximum atomic E-state index is 12.8. The van der Waals surface area contributed by atoms with Gasteiger partial charge in [0.2, 0.25) is 11.8 Å². The quantitative estimate of drug-likeness (QED) is 0.382. The highest BCUT2D eigenvalue weighted by atomic mass is 16.5. The van der Waals surface area contributed by atoms with Crippen LogP contribution in [0.5, 0.6) is 0 Å². The average molecular weight is 448 g/mol. The minimum atomic E-state index is -0.531. The number of oxazole rings is 1. The van der Waals surface area contributed by atoms with E-state index in [1.54, 1.807) is 23.1 Å². The Morgan fingerprint density at radius 3 is 2.82 bits per heavy atom. The van der Waals surface area contributed by atoms with Crippen LogP contribution in [0.1, 0.15) is 29.6 Å². The van der Waals surface area contributed by atoms with Crippen LogP contribution in [-0.4, -0.2) is 45.2 Å². The maximum absolute atomic E-state index is 12.8. The van der Waals surface area contributed by atoms with Gasteiger partial charge in [-0.3, -0.25) is 9.36 Å². The number of para-hydroxylation sites is 2. The molecular formula is C24H24N4O5. The van der Waals surface area contributed by atoms with E-state index in [1.807, 2.05) is 36.4 Å². The van der Waals surface area contributed by atoms with Crippen molar-refractivity contribution in [1.82, 2.24) is 19.6 Å². The molecule has 1 unspecified atom stereocenters. The van der Waals surface area contributed by atoms with Crippen molar-refractivity contribution in [1.29, 1.82) is 0 Å². The fraction of sp³-hybridized carbons (Fsp3) is 0.333. The van der Waals surface area contributed by atoms with Crippen LogP contribution >= 0.6 is 0 Å². The Morgan fingerprint density at radius 2 is 1.94 bits per heavy atom. The molecule has 0 radical (unpaired) electrons. The van der Waals surface area contributed by atoms with Crippen molar-refractivity contribution >= 4 is 17.0 Å². The number of rotatable bonds is 8. The lowest BCUT2D eigenvalue weighted by Crippen LogP contribution is -2.34. The Morgan fingerprint density at radius 1 is 1.12 bits per heavy atom. The van der Waals surface area contributed by atoms with E-state index < -0.39 is 5.76 Å². The molecular weight excluding hydrogens is 424 g/mol. The van der Waals surface area contributed by atoms with Crippen molar-refractivity contribution in [2.45, 2.75) is 31.9 Å². The summed E-state index contributed by atoms with van der Waals surface area (Å²) in [5, 5.41) is 4.05. The second-order valence-corrected chi connectivity index (χ2v) is 8.08. The van der Waals surface area contributed by atoms with Gasteiger partial charge in [-0.25, -0.2) is 4.79 Å². The Hall–Kier alpha value is -3.72. The minimum absolute atomic E-state index is 0.0155. The number of fused-ring (bicyclic) bond motifs is 1. The van der Waals surface area contributed by atoms with E-state index in [1.165, 1.54) is 4.57 Å². The molecule has 33 heavy (non-hydrogen) atoms. The van der Waals surface area contributed by atoms with Crippen LogP contribution in [0, 0.1) is 0 Å². The summed E-state index contributed by atoms with van der Waals surface area (Å²) in [5.74, 6) is 0.448. The summed E-state index contributed by atoms with van der Waals surface area (Å²) in [7, 11) is 0. The zero-order chi connectivity index (χ0) is 22.6. The molecule has 0 saturated carbocycles. The Labute approximate surface area is 189 Å². The second-order valence-electron chi connectivity index (χ2n) is 8.08. The predicted octanol–water partition coefficient (Wildman–Crippen LogP) is 2.75. The molecule has 1 atom stereocenters. The lowest BCUT2D eigenvalue weighted by atomic mass is 10.1. The van der Waals surface area contributed by atoms with Gasteiger partial charge in [0.1, 0.15) is 6.54 Å². The normalized spacial score (nSPS) is 16.0. The van der Waals surface area contributed by atoms with E-state index >= 15 is 0 Å². The number of nitrogens with zero attached hydrogens (tertiary/aromatic N) is 4. The lowest BCUT2D eigenvalue weighted by Gasteiger charge is -2.15. The van der Waals surface area contributed by atoms with E-state index in [-0.39, 0.29) is 18.4 Å². The molecule has 1 aliphatic heterocycles. The standard InChI is InChI=1S/C24H24N4O5/c29-22(15-28-19-8-4-5-9-20(19)32-24(28)30)27-12-10-18(14-27)23-25-21(26-33-23)11-13-31-16-17-6-2-1-3-7-17/h1-9,18H,10-16H2. The summed E-state index contributed by atoms with van der Waals surface area (Å²) in [6.07, 6.45) is 1.29. The summed E-state index contributed by atoms with van der Waals surface area (Å²) in [5.41, 5.74) is 2.20. The first-order valence-corrected chi connectivity index (χ1v) is 11.0. The number of aromatic nitrogens is 3. The number of hydrogen-bond acceptors (Lipinski definition) is 7. The molecule has 9 nitrogen and oxygen atoms in total. The average Bonchev–Trinajstić information content (AvgIpc) is 3.57. The van der Waals surface area contributed by atoms with Gasteiger partial charge < -0.3 is 18.6 Å². The molecule has 170 valence electrons. The van der Waals surface area contributed by atoms with Crippen LogP contribution in [0.3, 0.4) is 0 Å². The summed E-state index contributed by atoms with van der Waals surface area (Å²) >= 11 is 0. The molecule has 1 fully saturated rings. The van der Waals surface area contributed by atoms with Crippen molar-refractivity contribution in [2.75, 3.05) is 19.7 Å². The summed E-state index contributed by atoms with van der Waals surface area (Å²) < 4.78 is 17.7. The van der Waals surface area contributed by atoms with Crippen LogP contribution in [0.4, 0.5) is 0 Å². The predicted molar refractivity (Wildman–Crippen MR) is 119 cm³/mol. The van der Waals surface area contributed by atoms with Crippen molar-refractivity contribution in [2.24, 2.45) is 0 Å². The maximum Gasteiger partial charge on any atom is 0.420 e. The fourth-order valence-electron chi connectivity index (χ4n) is 4.05. The van der Waals surface area contributed by atoms with E-state index in [4.69, 9.17) is 13.7 Å². The third kappa shape index (κ3) is 4.73. The Kier molecular flexibility index (Phi) is 6.03. The van der Waals surface area contributed by atoms with E-state index in [0.717, 1.165) is 12.0 Å². The molecule has 0 bridgehead atoms. The van der Waals surface area contributed by atoms with Crippen molar-refractivity contribution in [3.8, 4) is 0 Å². The van der Waals surface area contributed by atoms with Gasteiger partial charge in [0.25, 0.3) is 0 Å². The van der Waals surface area contributed by atoms with Gasteiger partial charge in [-0.05, 0) is 24.1 Å². The SMILES string of the molecule is O=C(Cn1c(=O)oc2ccccc21)N1CCC(c2nc(CCOCc3ccccc3)no2)C1. The molecule has 4 aromatic rings. The van der Waals surface area contributed by atoms with Gasteiger partial charge in [-0.15, -0.1) is 0 Å². The molecule has 3 heterocycles. The first-order chi connectivity index (χ1) is 16.2. The topological polar surface area (TPSA) is 104 Å². The number of benzene rings is 2. The fourth-order valence-corrected chi connectivity index (χ4v) is 4.05. The molecule has 1 aliphatic rings. The molecule has 0 aliphatic carbocycles. The van der Waals surface area contributed by atoms with E-state index in [9.17, 15) is 9.59 Å². The molecule has 2 aromatic heterocycles. The van der Waals surface area contributed by atoms with Crippen molar-refractivity contribution in [3.05, 3.63) is 82.4 Å². The highest BCUT2D eigenvalue weighted by molar-refractivity contribution is 5.79. The molecule has 1 amide bonds. The van der Waals surface area contributed by atoms with Crippen LogP contribution in [0.2, 0.25) is 0 Å². The van der Waals surface area contributed by atoms with E-state index in [2.05, 4.69) is 10.1 Å². The molecule has 0 N–H and O–H groups in total. The number of carbonyl (C=O) groups is 1. The summed E-state index contributed by atoms with van der Waals surface area (Å²) in [6, 6.07) is 17.1. The molecule has 0 spiro atoms. The number of amides is 1. The van der Waals surface area contributed by atoms with Gasteiger partial charge >= 0.3 is 5.76 Å². The summed E-state index contributed by atoms with van der Waals surface area (Å²) in [6.45, 7) is 2.04. The molecule has 5 rings (SSSR count). The number of hydrogen-bond donors (Lipinski definition) is 0. The monoisotopic (exact) mass is 448 g/mol. The van der Waals surface area contributed by atoms with Crippen LogP contribution in [0.15, 0.2) is 68.3 Å². The highest BCUT2D eigenvalue weighted by Crippen LogP contribution is 2.26. The highest BCUT2D eigenvalue weighted by Gasteiger charge is 2.31. The lowest BCUT2D eigenvalue weighted by molar-refractivity contribution is -0.130. The van der Waals surface area contributed by atoms with Crippen molar-refractivity contribution in [3.63, 3.8) is 0 Å². The first kappa shape index (κ1) is 21.1. The second kappa shape index (κ2) is 9.41. The number of carbonyl (C=O) groups excluding carboxylic acids is 1. The van der Waals surface area contributed by atoms with Gasteiger partial charge in [0, 0.05) is 19.5 Å². The van der Waals surface area contributed by atoms with Gasteiger partial charge in [0.15, 0.2) is 11.4 Å². The molecule has 1 saturated heterocycles. The number of likely N-dealkylation sites (tertiary alicyclic amines) is 1. The summed E-state index contributed by atoms with van der Waals surface area (Å²) in [4.78, 5) is 31.2. The third-order valence-electron chi connectivity index (χ3n) is 5.82. The minimum Gasteiger partial charge on any atom is -0.408 e. The Bertz CT molecular complexity index is 1290. The van der Waals surface area contributed by atoms with Crippen LogP contribution in [0.25, 0.3) is 11.1 Å². The van der Waals surface area contributed by atoms with Crippen LogP contribution in [-0.2, 0) is 29.1 Å². The zero-order valence-corrected chi connectivity index (χ0v) is 18.1. The first-order valence-electron chi connectivity index (χ1n) is 11.0. The Balaban J connectivity index is 1.13. The zero-order valence-electron chi connectivity index (χ0n) is 18.1. The number of ether oxygens (including phenoxy) is 1. The van der Waals surface area contributed by atoms with Crippen molar-refractivity contribution < 1.29 is 18.5 Å².